The summed E-state index contributed by atoms with van der Waals surface area (Å²) in [4.78, 5) is 39.7. The summed E-state index contributed by atoms with van der Waals surface area (Å²) in [5.74, 6) is 0.928. The molecule has 7 heterocycles. The van der Waals surface area contributed by atoms with Crippen LogP contribution >= 0.6 is 0 Å². The van der Waals surface area contributed by atoms with E-state index in [0.717, 1.165) is 67.2 Å². The Kier molecular flexibility index (Phi) is 37.9. The van der Waals surface area contributed by atoms with E-state index >= 15 is 0 Å². The molecule has 0 radical (unpaired) electrons. The van der Waals surface area contributed by atoms with Crippen molar-refractivity contribution in [2.75, 3.05) is 25.6 Å². The minimum atomic E-state index is -0.393. The molecule has 0 N–H and O–H groups in total. The van der Waals surface area contributed by atoms with Gasteiger partial charge in [0.05, 0.1) is 12.0 Å². The van der Waals surface area contributed by atoms with Crippen LogP contribution in [0.4, 0.5) is 11.4 Å². The summed E-state index contributed by atoms with van der Waals surface area (Å²) in [5, 5.41) is 10.3. The average molecular weight is 1020 g/mol. The third kappa shape index (κ3) is 34.0. The van der Waals surface area contributed by atoms with Crippen molar-refractivity contribution in [3.8, 4) is 5.75 Å². The van der Waals surface area contributed by atoms with Gasteiger partial charge >= 0.3 is 0 Å². The van der Waals surface area contributed by atoms with Crippen molar-refractivity contribution >= 4 is 11.4 Å². The second kappa shape index (κ2) is 44.0. The Morgan fingerprint density at radius 3 is 1.21 bits per heavy atom. The lowest BCUT2D eigenvalue weighted by molar-refractivity contribution is -0.384. The minimum absolute atomic E-state index is 0.133. The molecule has 12 nitrogen and oxygen atoms in total. The number of methoxy groups -OCH3 is 1. The van der Waals surface area contributed by atoms with Crippen molar-refractivity contribution in [2.24, 2.45) is 0 Å². The van der Waals surface area contributed by atoms with Crippen LogP contribution in [0, 0.1) is 30.9 Å². The number of anilines is 1. The molecule has 9 aromatic rings. The first kappa shape index (κ1) is 65.5. The van der Waals surface area contributed by atoms with Crippen molar-refractivity contribution in [1.29, 1.82) is 0 Å². The minimum Gasteiger partial charge on any atom is -0.497 e. The van der Waals surface area contributed by atoms with Gasteiger partial charge in [-0.25, -0.2) is 0 Å². The number of aromatic nitrogens is 7. The quantitative estimate of drug-likeness (QED) is 0.101. The number of ether oxygens (including phenoxy) is 1. The zero-order valence-corrected chi connectivity index (χ0v) is 46.8. The molecule has 7 aromatic heterocycles. The number of nitro groups is 1. The zero-order valence-electron chi connectivity index (χ0n) is 46.8. The zero-order chi connectivity index (χ0) is 55.9. The third-order valence-corrected chi connectivity index (χ3v) is 10.5. The van der Waals surface area contributed by atoms with Crippen LogP contribution in [0.1, 0.15) is 86.4 Å². The molecule has 0 bridgehead atoms. The molecule has 12 heteroatoms. The molecule has 0 spiro atoms. The van der Waals surface area contributed by atoms with E-state index in [-0.39, 0.29) is 5.69 Å². The fraction of sp³-hybridized carbons (Fsp3) is 0.266. The fourth-order valence-electron chi connectivity index (χ4n) is 5.64. The highest BCUT2D eigenvalue weighted by Crippen LogP contribution is 2.18. The number of hydrogen-bond donors (Lipinski definition) is 0. The van der Waals surface area contributed by atoms with Crippen LogP contribution in [-0.4, -0.2) is 60.5 Å². The first-order valence-electron chi connectivity index (χ1n) is 25.7. The van der Waals surface area contributed by atoms with E-state index in [1.165, 1.54) is 39.9 Å². The van der Waals surface area contributed by atoms with Crippen LogP contribution in [0.25, 0.3) is 0 Å². The molecule has 0 aliphatic carbocycles. The Bertz CT molecular complexity index is 2410. The predicted molar refractivity (Wildman–Crippen MR) is 316 cm³/mol. The van der Waals surface area contributed by atoms with Crippen LogP contribution in [-0.2, 0) is 32.1 Å². The number of non-ortho nitro benzene ring substituents is 1. The van der Waals surface area contributed by atoms with Crippen LogP contribution in [0.3, 0.4) is 0 Å². The average Bonchev–Trinajstić information content (AvgIpc) is 3.49. The van der Waals surface area contributed by atoms with E-state index < -0.39 is 4.92 Å². The van der Waals surface area contributed by atoms with E-state index in [0.29, 0.717) is 0 Å². The molecule has 0 amide bonds. The molecule has 0 unspecified atom stereocenters. The van der Waals surface area contributed by atoms with Gasteiger partial charge in [-0.15, -0.1) is 0 Å². The number of rotatable bonds is 9. The van der Waals surface area contributed by atoms with Crippen LogP contribution in [0.15, 0.2) is 220 Å². The van der Waals surface area contributed by atoms with E-state index in [2.05, 4.69) is 87.7 Å². The summed E-state index contributed by atoms with van der Waals surface area (Å²) in [6.07, 6.45) is 25.2. The van der Waals surface area contributed by atoms with Gasteiger partial charge in [0.2, 0.25) is 0 Å². The first-order valence-corrected chi connectivity index (χ1v) is 25.7. The molecule has 400 valence electrons. The monoisotopic (exact) mass is 1020 g/mol. The van der Waals surface area contributed by atoms with Gasteiger partial charge in [0, 0.05) is 117 Å². The van der Waals surface area contributed by atoms with Gasteiger partial charge in [0.1, 0.15) is 5.75 Å². The van der Waals surface area contributed by atoms with E-state index in [1.807, 2.05) is 186 Å². The smallest absolute Gasteiger partial charge is 0.269 e. The summed E-state index contributed by atoms with van der Waals surface area (Å²) >= 11 is 0. The fourth-order valence-corrected chi connectivity index (χ4v) is 5.64. The second-order valence-electron chi connectivity index (χ2n) is 16.3. The number of nitrogens with zero attached hydrogens (tertiary/aromatic N) is 9. The highest BCUT2D eigenvalue weighted by molar-refractivity contribution is 5.50. The molecular weight excluding hydrogens is 943 g/mol. The number of pyridine rings is 7. The van der Waals surface area contributed by atoms with Crippen molar-refractivity contribution in [1.82, 2.24) is 34.9 Å². The molecule has 0 aliphatic rings. The van der Waals surface area contributed by atoms with Crippen molar-refractivity contribution in [3.05, 3.63) is 275 Å². The third-order valence-electron chi connectivity index (χ3n) is 10.5. The highest BCUT2D eigenvalue weighted by Gasteiger charge is 2.05. The van der Waals surface area contributed by atoms with E-state index in [4.69, 9.17) is 4.74 Å². The van der Waals surface area contributed by atoms with Crippen molar-refractivity contribution in [2.45, 2.75) is 94.4 Å². The summed E-state index contributed by atoms with van der Waals surface area (Å²) < 4.78 is 5.01. The van der Waals surface area contributed by atoms with E-state index in [1.54, 1.807) is 50.2 Å². The summed E-state index contributed by atoms with van der Waals surface area (Å²) in [5.41, 5.74) is 11.0. The summed E-state index contributed by atoms with van der Waals surface area (Å²) in [6.45, 7) is 19.5. The molecule has 0 saturated carbocycles. The van der Waals surface area contributed by atoms with Crippen LogP contribution in [0.2, 0.25) is 0 Å². The van der Waals surface area contributed by atoms with Gasteiger partial charge in [0.25, 0.3) is 5.69 Å². The molecule has 0 atom stereocenters. The first-order chi connectivity index (χ1) is 36.9. The number of nitro benzene ring substituents is 1. The van der Waals surface area contributed by atoms with Crippen LogP contribution < -0.4 is 9.64 Å². The lowest BCUT2D eigenvalue weighted by Gasteiger charge is -2.15. The Morgan fingerprint density at radius 2 is 0.934 bits per heavy atom. The van der Waals surface area contributed by atoms with Gasteiger partial charge in [-0.3, -0.25) is 45.0 Å². The van der Waals surface area contributed by atoms with Gasteiger partial charge in [-0.2, -0.15) is 0 Å². The Labute approximate surface area is 454 Å². The Morgan fingerprint density at radius 1 is 0.447 bits per heavy atom. The number of benzene rings is 2. The molecule has 0 saturated heterocycles. The van der Waals surface area contributed by atoms with Crippen molar-refractivity contribution in [3.63, 3.8) is 0 Å². The maximum atomic E-state index is 10.3. The topological polar surface area (TPSA) is 146 Å². The SMILES string of the molecule is CCN(C)c1ccc([N+](=O)[O-])cc1.CCc1ccc(OC)cc1.CCc1ccccn1.CCc1ccccn1.CCc1cccnc1.CCc1ccncc1.Cc1ccccn1.Cc1cccnc1.Cc1ccncc1. The van der Waals surface area contributed by atoms with Gasteiger partial charge in [-0.05, 0) is 185 Å². The Hall–Kier alpha value is -8.51. The highest BCUT2D eigenvalue weighted by atomic mass is 16.6. The Balaban J connectivity index is 0.000000430. The lowest BCUT2D eigenvalue weighted by Crippen LogP contribution is -2.15. The standard InChI is InChI=1S/C9H12N2O2.C9H12O.4C7H9N.3C6H7N/c1-3-10(2)8-4-6-9(7-5-8)11(12)13;1-3-8-4-6-9(10-2)7-5-8;1-2-7-3-5-8-6-4-7;1-2-7-4-3-5-8-6-7;2*1-2-7-5-3-4-6-8-7;1-6-2-4-7-5-3-6;1-6-3-2-4-7-5-6;1-6-4-2-3-5-7-6/h4-7H,3H2,1-2H3;4-7H,3H2,1-2H3;4*3-6H,2H2,1H3;3*2-5H,1H3. The van der Waals surface area contributed by atoms with Gasteiger partial charge in [-0.1, -0.05) is 77.1 Å². The second-order valence-corrected chi connectivity index (χ2v) is 16.3. The summed E-state index contributed by atoms with van der Waals surface area (Å²) in [7, 11) is 3.63. The molecule has 76 heavy (non-hydrogen) atoms. The maximum absolute atomic E-state index is 10.3. The lowest BCUT2D eigenvalue weighted by atomic mass is 10.2. The maximum Gasteiger partial charge on any atom is 0.269 e. The van der Waals surface area contributed by atoms with Crippen LogP contribution in [0.5, 0.6) is 5.75 Å². The van der Waals surface area contributed by atoms with Gasteiger partial charge in [0.15, 0.2) is 0 Å². The molecular formula is C64H81N9O3. The largest absolute Gasteiger partial charge is 0.497 e. The van der Waals surface area contributed by atoms with Gasteiger partial charge < -0.3 is 9.64 Å². The molecule has 0 fully saturated rings. The van der Waals surface area contributed by atoms with Crippen molar-refractivity contribution < 1.29 is 9.66 Å². The summed E-state index contributed by atoms with van der Waals surface area (Å²) in [6, 6.07) is 48.4. The molecule has 9 rings (SSSR count). The number of aryl methyl sites for hydroxylation is 8. The molecule has 0 aliphatic heterocycles. The number of hydrogen-bond acceptors (Lipinski definition) is 11. The predicted octanol–water partition coefficient (Wildman–Crippen LogP) is 15.1. The normalized spacial score (nSPS) is 9.14. The molecule has 2 aromatic carbocycles. The van der Waals surface area contributed by atoms with E-state index in [9.17, 15) is 10.1 Å².